The first-order valence-electron chi connectivity index (χ1n) is 12.0. The SMILES string of the molecule is C[15N]1CC[15N]([13CH2][13CH]2[13CH2][13CH2][13CH2][15N]2CC(=O)N[13CH2][13CH2][13C](=O)N[13CH2][13CH2][13C](=O)NCCCC(=O)O)CC1. The standard InChI is InChI=1S/C22H40N6O5/c1-26-12-14-27(15-13-26)16-18-4-3-11-28(18)17-21(31)25-10-7-20(30)24-9-6-19(29)23-8-2-5-22(32)33/h18H,2-17H2,1H3,(H,23,29)(H,24,30)(H,25,31)(H,32,33)/i3+1,4+1,6+1,7+1,9+1,10+1,11+1,16+1,18+1,19+1,20+1,26+1,27+1,28+1. The van der Waals surface area contributed by atoms with E-state index in [2.05, 4.69) is 37.7 Å². The predicted molar refractivity (Wildman–Crippen MR) is 124 cm³/mol. The molecule has 33 heavy (non-hydrogen) atoms. The van der Waals surface area contributed by atoms with Gasteiger partial charge >= 0.3 is 5.97 Å². The van der Waals surface area contributed by atoms with E-state index in [4.69, 9.17) is 5.11 Å². The van der Waals surface area contributed by atoms with E-state index in [0.29, 0.717) is 25.6 Å². The minimum absolute atomic E-state index is 0.0113. The summed E-state index contributed by atoms with van der Waals surface area (Å²) >= 11 is 0. The molecule has 2 heterocycles. The van der Waals surface area contributed by atoms with Gasteiger partial charge in [0.15, 0.2) is 0 Å². The summed E-state index contributed by atoms with van der Waals surface area (Å²) < 4.78 is 0. The van der Waals surface area contributed by atoms with Crippen molar-refractivity contribution in [2.75, 3.05) is 72.5 Å². The second-order valence-electron chi connectivity index (χ2n) is 8.92. The zero-order valence-corrected chi connectivity index (χ0v) is 19.8. The van der Waals surface area contributed by atoms with Gasteiger partial charge < -0.3 is 26.0 Å². The average Bonchev–Trinajstić information content (AvgIpc) is 3.19. The van der Waals surface area contributed by atoms with Gasteiger partial charge in [0, 0.05) is 77.7 Å². The molecular formula is C22H40N6O5. The third-order valence-corrected chi connectivity index (χ3v) is 6.15. The highest BCUT2D eigenvalue weighted by Gasteiger charge is 2.28. The van der Waals surface area contributed by atoms with E-state index >= 15 is 0 Å². The van der Waals surface area contributed by atoms with E-state index in [1.165, 1.54) is 0 Å². The number of carbonyl (C=O) groups is 4. The molecule has 4 N–H and O–H groups in total. The van der Waals surface area contributed by atoms with Gasteiger partial charge in [0.1, 0.15) is 0 Å². The van der Waals surface area contributed by atoms with Gasteiger partial charge in [-0.15, -0.1) is 0 Å². The Balaban J connectivity index is 1.52. The third kappa shape index (κ3) is 11.4. The fraction of sp³-hybridized carbons (Fsp3) is 0.818. The lowest BCUT2D eigenvalue weighted by Crippen LogP contribution is -2.50. The van der Waals surface area contributed by atoms with Crippen molar-refractivity contribution in [3.8, 4) is 0 Å². The first kappa shape index (κ1) is 27.0. The van der Waals surface area contributed by atoms with Gasteiger partial charge in [0.2, 0.25) is 17.7 Å². The van der Waals surface area contributed by atoms with E-state index in [-0.39, 0.29) is 50.1 Å². The second-order valence-corrected chi connectivity index (χ2v) is 8.92. The number of carboxylic acids is 1. The van der Waals surface area contributed by atoms with Crippen LogP contribution in [0.15, 0.2) is 0 Å². The Labute approximate surface area is 196 Å². The molecule has 2 saturated heterocycles. The number of nitrogens with one attached hydrogen (secondary N) is 3. The first-order chi connectivity index (χ1) is 15.8. The number of piperazine rings is 1. The Kier molecular flexibility index (Phi) is 12.1. The fourth-order valence-electron chi connectivity index (χ4n) is 4.15. The van der Waals surface area contributed by atoms with E-state index < -0.39 is 5.97 Å². The Hall–Kier alpha value is -2.24. The molecule has 2 aliphatic heterocycles. The Bertz CT molecular complexity index is 653. The molecule has 188 valence electrons. The lowest BCUT2D eigenvalue weighted by molar-refractivity contribution is -0.137. The van der Waals surface area contributed by atoms with Crippen molar-refractivity contribution >= 4 is 23.7 Å². The zero-order valence-electron chi connectivity index (χ0n) is 19.8. The minimum atomic E-state index is -0.894. The molecule has 1 unspecified atom stereocenters. The molecule has 0 aromatic carbocycles. The van der Waals surface area contributed by atoms with Crippen LogP contribution in [-0.2, 0) is 19.2 Å². The molecule has 2 rings (SSSR count). The van der Waals surface area contributed by atoms with Gasteiger partial charge in [-0.2, -0.15) is 0 Å². The van der Waals surface area contributed by atoms with Crippen molar-refractivity contribution in [2.45, 2.75) is 44.6 Å². The number of likely N-dealkylation sites (N-methyl/N-ethyl adjacent to an activating group) is 1. The van der Waals surface area contributed by atoms with Gasteiger partial charge in [-0.3, -0.25) is 29.0 Å². The summed E-state index contributed by atoms with van der Waals surface area (Å²) in [5.41, 5.74) is 0. The van der Waals surface area contributed by atoms with Crippen LogP contribution in [0.4, 0.5) is 0 Å². The van der Waals surface area contributed by atoms with E-state index in [0.717, 1.165) is 52.1 Å². The maximum absolute atomic E-state index is 12.3. The molecule has 0 aromatic rings. The van der Waals surface area contributed by atoms with Crippen molar-refractivity contribution in [1.29, 1.82) is 0 Å². The van der Waals surface area contributed by atoms with Crippen molar-refractivity contribution in [3.63, 3.8) is 0 Å². The Morgan fingerprint density at radius 1 is 0.818 bits per heavy atom. The van der Waals surface area contributed by atoms with Crippen molar-refractivity contribution in [3.05, 3.63) is 0 Å². The van der Waals surface area contributed by atoms with E-state index in [9.17, 15) is 19.2 Å². The third-order valence-electron chi connectivity index (χ3n) is 6.15. The number of carboxylic acid groups (broad SMARTS) is 1. The van der Waals surface area contributed by atoms with E-state index in [1.54, 1.807) is 0 Å². The summed E-state index contributed by atoms with van der Waals surface area (Å²) in [6.07, 6.45) is 2.92. The average molecular weight is 482 g/mol. The Morgan fingerprint density at radius 2 is 1.42 bits per heavy atom. The topological polar surface area (TPSA) is 134 Å². The van der Waals surface area contributed by atoms with Gasteiger partial charge in [0.05, 0.1) is 6.54 Å². The molecule has 2 fully saturated rings. The maximum atomic E-state index is 12.3. The smallest absolute Gasteiger partial charge is 0.303 e. The molecule has 0 saturated carbocycles. The minimum Gasteiger partial charge on any atom is -0.481 e. The summed E-state index contributed by atoms with van der Waals surface area (Å²) in [7, 11) is 2.15. The van der Waals surface area contributed by atoms with Crippen LogP contribution in [0.25, 0.3) is 0 Å². The number of hydrogen-bond donors (Lipinski definition) is 4. The zero-order chi connectivity index (χ0) is 24.1. The largest absolute Gasteiger partial charge is 0.481 e. The van der Waals surface area contributed by atoms with Gasteiger partial charge in [-0.1, -0.05) is 0 Å². The van der Waals surface area contributed by atoms with Crippen molar-refractivity contribution in [2.24, 2.45) is 0 Å². The number of hydrogen-bond acceptors (Lipinski definition) is 7. The molecular weight excluding hydrogens is 442 g/mol. The van der Waals surface area contributed by atoms with Crippen LogP contribution in [0.1, 0.15) is 38.5 Å². The molecule has 0 spiro atoms. The fourth-order valence-corrected chi connectivity index (χ4v) is 4.15. The first-order valence-corrected chi connectivity index (χ1v) is 12.0. The van der Waals surface area contributed by atoms with Gasteiger partial charge in [0.25, 0.3) is 0 Å². The van der Waals surface area contributed by atoms with Crippen LogP contribution in [0.2, 0.25) is 0 Å². The lowest BCUT2D eigenvalue weighted by Gasteiger charge is -2.36. The molecule has 0 bridgehead atoms. The predicted octanol–water partition coefficient (Wildman–Crippen LogP) is -1.31. The van der Waals surface area contributed by atoms with E-state index in [1.807, 2.05) is 0 Å². The van der Waals surface area contributed by atoms with Crippen LogP contribution in [0.5, 0.6) is 0 Å². The Morgan fingerprint density at radius 3 is 2.06 bits per heavy atom. The van der Waals surface area contributed by atoms with Crippen molar-refractivity contribution < 1.29 is 24.3 Å². The molecule has 2 aliphatic rings. The molecule has 0 radical (unpaired) electrons. The summed E-state index contributed by atoms with van der Waals surface area (Å²) in [6, 6.07) is 0.415. The van der Waals surface area contributed by atoms with Crippen LogP contribution < -0.4 is 16.0 Å². The number of aliphatic carboxylic acids is 1. The monoisotopic (exact) mass is 482 g/mol. The molecule has 0 aromatic heterocycles. The summed E-state index contributed by atoms with van der Waals surface area (Å²) in [5.74, 6) is -1.41. The number of rotatable bonds is 14. The quantitative estimate of drug-likeness (QED) is 0.136. The number of amides is 3. The molecule has 3 amide bonds. The number of nitrogens with zero attached hydrogens (tertiary/aromatic N) is 3. The molecule has 1 atom stereocenters. The second kappa shape index (κ2) is 14.8. The summed E-state index contributed by atoms with van der Waals surface area (Å²) in [6.45, 7) is 7.42. The summed E-state index contributed by atoms with van der Waals surface area (Å²) in [5, 5.41) is 16.6. The highest BCUT2D eigenvalue weighted by molar-refractivity contribution is 5.81. The summed E-state index contributed by atoms with van der Waals surface area (Å²) in [4.78, 5) is 53.4. The normalized spacial score (nSPS) is 19.8. The van der Waals surface area contributed by atoms with Crippen LogP contribution in [-0.4, -0.2) is 122 Å². The molecule has 0 aliphatic carbocycles. The van der Waals surface area contributed by atoms with Crippen LogP contribution in [0, 0.1) is 0 Å². The highest BCUT2D eigenvalue weighted by Crippen LogP contribution is 2.18. The maximum Gasteiger partial charge on any atom is 0.303 e. The lowest BCUT2D eigenvalue weighted by atomic mass is 10.3. The molecule has 11 nitrogen and oxygen atoms in total. The van der Waals surface area contributed by atoms with Crippen LogP contribution in [0.3, 0.4) is 0 Å². The molecule has 11 heteroatoms. The number of carbonyl (C=O) groups excluding carboxylic acids is 3. The highest BCUT2D eigenvalue weighted by atomic mass is 16.4. The van der Waals surface area contributed by atoms with Crippen molar-refractivity contribution in [1.82, 2.24) is 30.7 Å². The number of likely N-dealkylation sites (tertiary alicyclic amines) is 1. The van der Waals surface area contributed by atoms with Gasteiger partial charge in [-0.25, -0.2) is 0 Å². The van der Waals surface area contributed by atoms with Gasteiger partial charge in [-0.05, 0) is 32.9 Å². The van der Waals surface area contributed by atoms with Crippen LogP contribution >= 0.6 is 0 Å².